The van der Waals surface area contributed by atoms with Gasteiger partial charge in [0.15, 0.2) is 0 Å². The van der Waals surface area contributed by atoms with E-state index < -0.39 is 0 Å². The number of hydrogen-bond acceptors (Lipinski definition) is 7. The highest BCUT2D eigenvalue weighted by molar-refractivity contribution is 7.22. The van der Waals surface area contributed by atoms with Crippen LogP contribution < -0.4 is 5.32 Å². The number of nitrogens with zero attached hydrogens (tertiary/aromatic N) is 5. The van der Waals surface area contributed by atoms with Crippen LogP contribution in [0, 0.1) is 6.92 Å². The maximum atomic E-state index is 12.6. The lowest BCUT2D eigenvalue weighted by Crippen LogP contribution is -2.13. The molecule has 4 aromatic rings. The highest BCUT2D eigenvalue weighted by Crippen LogP contribution is 2.31. The average molecular weight is 368 g/mol. The van der Waals surface area contributed by atoms with Crippen molar-refractivity contribution in [1.82, 2.24) is 24.5 Å². The standard InChI is InChI=1S/C16H12N6OS2/c1-10-14(25-16(20-10)11-3-2-6-24-11)15(23)21-12-7-13(19-8-18-12)22-5-4-17-9-22/h2-9H,1H3,(H,18,19,21,23). The van der Waals surface area contributed by atoms with Crippen LogP contribution in [0.4, 0.5) is 5.82 Å². The highest BCUT2D eigenvalue weighted by Gasteiger charge is 2.17. The maximum absolute atomic E-state index is 12.6. The molecule has 0 aliphatic heterocycles. The molecule has 1 N–H and O–H groups in total. The predicted octanol–water partition coefficient (Wildman–Crippen LogP) is 3.41. The van der Waals surface area contributed by atoms with Crippen LogP contribution in [0.25, 0.3) is 15.7 Å². The monoisotopic (exact) mass is 368 g/mol. The van der Waals surface area contributed by atoms with Crippen LogP contribution in [0.15, 0.2) is 48.6 Å². The summed E-state index contributed by atoms with van der Waals surface area (Å²) in [5.74, 6) is 0.824. The number of thiophene rings is 1. The van der Waals surface area contributed by atoms with E-state index in [1.807, 2.05) is 24.4 Å². The van der Waals surface area contributed by atoms with Crippen molar-refractivity contribution in [2.75, 3.05) is 5.32 Å². The topological polar surface area (TPSA) is 85.6 Å². The van der Waals surface area contributed by atoms with Crippen molar-refractivity contribution in [3.05, 3.63) is 59.2 Å². The number of anilines is 1. The van der Waals surface area contributed by atoms with Gasteiger partial charge in [-0.05, 0) is 18.4 Å². The minimum Gasteiger partial charge on any atom is -0.306 e. The van der Waals surface area contributed by atoms with Crippen LogP contribution >= 0.6 is 22.7 Å². The van der Waals surface area contributed by atoms with Crippen molar-refractivity contribution in [1.29, 1.82) is 0 Å². The molecule has 25 heavy (non-hydrogen) atoms. The van der Waals surface area contributed by atoms with Gasteiger partial charge in [0, 0.05) is 18.5 Å². The maximum Gasteiger partial charge on any atom is 0.268 e. The highest BCUT2D eigenvalue weighted by atomic mass is 32.1. The first-order chi connectivity index (χ1) is 12.2. The number of amides is 1. The number of aromatic nitrogens is 5. The molecule has 124 valence electrons. The van der Waals surface area contributed by atoms with Gasteiger partial charge in [-0.15, -0.1) is 22.7 Å². The molecular weight excluding hydrogens is 356 g/mol. The van der Waals surface area contributed by atoms with E-state index in [4.69, 9.17) is 0 Å². The molecule has 0 aromatic carbocycles. The van der Waals surface area contributed by atoms with Gasteiger partial charge in [0.2, 0.25) is 0 Å². The number of thiazole rings is 1. The molecule has 0 aliphatic carbocycles. The molecule has 0 saturated carbocycles. The van der Waals surface area contributed by atoms with Crippen molar-refractivity contribution in [3.8, 4) is 15.7 Å². The van der Waals surface area contributed by atoms with Gasteiger partial charge in [0.05, 0.1) is 10.6 Å². The third-order valence-corrected chi connectivity index (χ3v) is 5.59. The number of carbonyl (C=O) groups excluding carboxylic acids is 1. The Hall–Kier alpha value is -2.91. The summed E-state index contributed by atoms with van der Waals surface area (Å²) in [4.78, 5) is 31.0. The summed E-state index contributed by atoms with van der Waals surface area (Å²) < 4.78 is 1.74. The molecule has 0 unspecified atom stereocenters. The molecule has 4 rings (SSSR count). The molecule has 0 bridgehead atoms. The Morgan fingerprint density at radius 1 is 1.32 bits per heavy atom. The van der Waals surface area contributed by atoms with Crippen LogP contribution in [0.2, 0.25) is 0 Å². The predicted molar refractivity (Wildman–Crippen MR) is 97.3 cm³/mol. The van der Waals surface area contributed by atoms with Gasteiger partial charge in [-0.1, -0.05) is 6.07 Å². The van der Waals surface area contributed by atoms with E-state index in [-0.39, 0.29) is 5.91 Å². The van der Waals surface area contributed by atoms with Crippen molar-refractivity contribution in [3.63, 3.8) is 0 Å². The lowest BCUT2D eigenvalue weighted by atomic mass is 10.3. The van der Waals surface area contributed by atoms with Crippen LogP contribution in [0.1, 0.15) is 15.4 Å². The van der Waals surface area contributed by atoms with Gasteiger partial charge in [-0.2, -0.15) is 0 Å². The first-order valence-electron chi connectivity index (χ1n) is 7.34. The largest absolute Gasteiger partial charge is 0.306 e. The Morgan fingerprint density at radius 2 is 2.24 bits per heavy atom. The third kappa shape index (κ3) is 3.19. The zero-order valence-electron chi connectivity index (χ0n) is 13.1. The van der Waals surface area contributed by atoms with Gasteiger partial charge >= 0.3 is 0 Å². The molecule has 7 nitrogen and oxygen atoms in total. The molecular formula is C16H12N6OS2. The lowest BCUT2D eigenvalue weighted by Gasteiger charge is -2.05. The van der Waals surface area contributed by atoms with Crippen LogP contribution in [-0.2, 0) is 0 Å². The van der Waals surface area contributed by atoms with Gasteiger partial charge in [0.25, 0.3) is 5.91 Å². The molecule has 4 aromatic heterocycles. The number of hydrogen-bond donors (Lipinski definition) is 1. The smallest absolute Gasteiger partial charge is 0.268 e. The number of rotatable bonds is 4. The summed E-state index contributed by atoms with van der Waals surface area (Å²) in [5, 5.41) is 5.65. The molecule has 0 spiro atoms. The van der Waals surface area contributed by atoms with Crippen molar-refractivity contribution < 1.29 is 4.79 Å². The Morgan fingerprint density at radius 3 is 3.00 bits per heavy atom. The van der Waals surface area contributed by atoms with Gasteiger partial charge in [-0.3, -0.25) is 9.36 Å². The second kappa shape index (κ2) is 6.54. The summed E-state index contributed by atoms with van der Waals surface area (Å²) in [6.07, 6.45) is 6.47. The van der Waals surface area contributed by atoms with E-state index >= 15 is 0 Å². The molecule has 9 heteroatoms. The van der Waals surface area contributed by atoms with Crippen molar-refractivity contribution in [2.45, 2.75) is 6.92 Å². The van der Waals surface area contributed by atoms with Gasteiger partial charge in [0.1, 0.15) is 34.2 Å². The van der Waals surface area contributed by atoms with E-state index in [0.29, 0.717) is 22.2 Å². The summed E-state index contributed by atoms with van der Waals surface area (Å²) in [6.45, 7) is 1.83. The Balaban J connectivity index is 1.58. The van der Waals surface area contributed by atoms with Crippen molar-refractivity contribution in [2.24, 2.45) is 0 Å². The van der Waals surface area contributed by atoms with E-state index in [2.05, 4.69) is 25.3 Å². The lowest BCUT2D eigenvalue weighted by molar-refractivity contribution is 0.102. The molecule has 0 radical (unpaired) electrons. The van der Waals surface area contributed by atoms with Crippen molar-refractivity contribution >= 4 is 34.4 Å². The van der Waals surface area contributed by atoms with Gasteiger partial charge in [-0.25, -0.2) is 19.9 Å². The minimum atomic E-state index is -0.229. The molecule has 0 atom stereocenters. The van der Waals surface area contributed by atoms with Crippen LogP contribution in [0.5, 0.6) is 0 Å². The molecule has 0 aliphatic rings. The zero-order chi connectivity index (χ0) is 17.2. The summed E-state index contributed by atoms with van der Waals surface area (Å²) in [7, 11) is 0. The van der Waals surface area contributed by atoms with Crippen LogP contribution in [0.3, 0.4) is 0 Å². The summed E-state index contributed by atoms with van der Waals surface area (Å²) >= 11 is 2.98. The first-order valence-corrected chi connectivity index (χ1v) is 9.03. The zero-order valence-corrected chi connectivity index (χ0v) is 14.7. The van der Waals surface area contributed by atoms with E-state index in [1.165, 1.54) is 17.7 Å². The second-order valence-electron chi connectivity index (χ2n) is 5.10. The Labute approximate surface area is 151 Å². The summed E-state index contributed by atoms with van der Waals surface area (Å²) in [6, 6.07) is 5.65. The fourth-order valence-corrected chi connectivity index (χ4v) is 4.00. The minimum absolute atomic E-state index is 0.229. The number of imidazole rings is 1. The quantitative estimate of drug-likeness (QED) is 0.597. The number of nitrogens with one attached hydrogen (secondary N) is 1. The average Bonchev–Trinajstić information content (AvgIpc) is 3.36. The number of aryl methyl sites for hydroxylation is 1. The summed E-state index contributed by atoms with van der Waals surface area (Å²) in [5.41, 5.74) is 0.704. The fraction of sp³-hybridized carbons (Fsp3) is 0.0625. The Bertz CT molecular complexity index is 1010. The number of carbonyl (C=O) groups is 1. The van der Waals surface area contributed by atoms with E-state index in [0.717, 1.165) is 9.88 Å². The van der Waals surface area contributed by atoms with E-state index in [1.54, 1.807) is 40.7 Å². The SMILES string of the molecule is Cc1nc(-c2cccs2)sc1C(=O)Nc1cc(-n2ccnc2)ncn1. The fourth-order valence-electron chi connectivity index (χ4n) is 2.24. The third-order valence-electron chi connectivity index (χ3n) is 3.40. The molecule has 0 fully saturated rings. The molecule has 4 heterocycles. The van der Waals surface area contributed by atoms with Gasteiger partial charge < -0.3 is 5.32 Å². The Kier molecular flexibility index (Phi) is 4.08. The van der Waals surface area contributed by atoms with E-state index in [9.17, 15) is 4.79 Å². The first kappa shape index (κ1) is 15.6. The van der Waals surface area contributed by atoms with Crippen LogP contribution in [-0.4, -0.2) is 30.4 Å². The molecule has 0 saturated heterocycles. The normalized spacial score (nSPS) is 10.8. The second-order valence-corrected chi connectivity index (χ2v) is 7.04. The molecule has 1 amide bonds.